The number of alkyl halides is 3. The summed E-state index contributed by atoms with van der Waals surface area (Å²) in [6, 6.07) is 0.304. The number of halogens is 3. The Bertz CT molecular complexity index is 694. The third-order valence-electron chi connectivity index (χ3n) is 4.76. The van der Waals surface area contributed by atoms with Crippen LogP contribution in [0.3, 0.4) is 0 Å². The van der Waals surface area contributed by atoms with Gasteiger partial charge in [0.1, 0.15) is 0 Å². The molecule has 2 aliphatic rings. The summed E-state index contributed by atoms with van der Waals surface area (Å²) in [7, 11) is -2.84. The van der Waals surface area contributed by atoms with E-state index < -0.39 is 26.9 Å². The van der Waals surface area contributed by atoms with Crippen LogP contribution in [0.25, 0.3) is 0 Å². The van der Waals surface area contributed by atoms with E-state index in [-0.39, 0.29) is 24.5 Å². The van der Waals surface area contributed by atoms with Gasteiger partial charge in [0, 0.05) is 37.7 Å². The highest BCUT2D eigenvalue weighted by Gasteiger charge is 2.52. The lowest BCUT2D eigenvalue weighted by molar-refractivity contribution is -0.141. The minimum absolute atomic E-state index is 0.134. The molecule has 2 N–H and O–H groups in total. The summed E-state index contributed by atoms with van der Waals surface area (Å²) in [6.07, 6.45) is -1.95. The Balaban J connectivity index is 1.93. The van der Waals surface area contributed by atoms with E-state index in [1.165, 1.54) is 11.4 Å². The zero-order valence-corrected chi connectivity index (χ0v) is 12.8. The van der Waals surface area contributed by atoms with Crippen molar-refractivity contribution < 1.29 is 21.6 Å². The smallest absolute Gasteiger partial charge is 0.326 e. The van der Waals surface area contributed by atoms with E-state index in [0.29, 0.717) is 6.07 Å². The largest absolute Gasteiger partial charge is 0.435 e. The second-order valence-corrected chi connectivity index (χ2v) is 7.99. The van der Waals surface area contributed by atoms with Crippen molar-refractivity contribution in [2.24, 2.45) is 18.2 Å². The molecule has 0 amide bonds. The number of aromatic nitrogens is 2. The fourth-order valence-corrected chi connectivity index (χ4v) is 4.94. The van der Waals surface area contributed by atoms with Gasteiger partial charge in [-0.05, 0) is 12.8 Å². The van der Waals surface area contributed by atoms with Crippen LogP contribution in [0, 0.1) is 5.41 Å². The molecule has 1 aromatic rings. The summed E-state index contributed by atoms with van der Waals surface area (Å²) in [6.45, 7) is 0.401. The third-order valence-corrected chi connectivity index (χ3v) is 6.63. The van der Waals surface area contributed by atoms with Crippen molar-refractivity contribution >= 4 is 10.0 Å². The highest BCUT2D eigenvalue weighted by atomic mass is 32.2. The van der Waals surface area contributed by atoms with Crippen molar-refractivity contribution in [1.82, 2.24) is 14.1 Å². The number of sulfonamides is 1. The van der Waals surface area contributed by atoms with Crippen molar-refractivity contribution in [3.05, 3.63) is 11.8 Å². The Hall–Kier alpha value is -1.13. The Kier molecular flexibility index (Phi) is 3.35. The van der Waals surface area contributed by atoms with Gasteiger partial charge in [0.25, 0.3) is 10.0 Å². The topological polar surface area (TPSA) is 81.2 Å². The van der Waals surface area contributed by atoms with Gasteiger partial charge in [-0.15, -0.1) is 0 Å². The molecule has 1 atom stereocenters. The molecule has 0 aromatic carbocycles. The second-order valence-electron chi connectivity index (χ2n) is 6.11. The SMILES string of the molecule is Cn1nc(C(F)(F)F)cc1S(=O)(=O)N1CC(N)C2(CCC2)C1. The van der Waals surface area contributed by atoms with Crippen LogP contribution in [0.15, 0.2) is 11.1 Å². The Labute approximate surface area is 126 Å². The van der Waals surface area contributed by atoms with Gasteiger partial charge in [0.05, 0.1) is 0 Å². The lowest BCUT2D eigenvalue weighted by Crippen LogP contribution is -2.45. The van der Waals surface area contributed by atoms with Crippen LogP contribution in [0.4, 0.5) is 13.2 Å². The quantitative estimate of drug-likeness (QED) is 0.870. The summed E-state index contributed by atoms with van der Waals surface area (Å²) < 4.78 is 65.2. The van der Waals surface area contributed by atoms with E-state index >= 15 is 0 Å². The Morgan fingerprint density at radius 2 is 2.05 bits per heavy atom. The van der Waals surface area contributed by atoms with Gasteiger partial charge in [0.15, 0.2) is 10.7 Å². The molecule has 0 bridgehead atoms. The van der Waals surface area contributed by atoms with Crippen LogP contribution >= 0.6 is 0 Å². The Morgan fingerprint density at radius 3 is 2.45 bits per heavy atom. The first kappa shape index (κ1) is 15.8. The van der Waals surface area contributed by atoms with Crippen LogP contribution in [-0.2, 0) is 23.2 Å². The number of hydrogen-bond acceptors (Lipinski definition) is 4. The summed E-state index contributed by atoms with van der Waals surface area (Å²) in [5.74, 6) is 0. The molecule has 1 aliphatic heterocycles. The van der Waals surface area contributed by atoms with Crippen LogP contribution < -0.4 is 5.73 Å². The molecule has 1 unspecified atom stereocenters. The van der Waals surface area contributed by atoms with E-state index in [9.17, 15) is 21.6 Å². The van der Waals surface area contributed by atoms with Crippen LogP contribution in [0.1, 0.15) is 25.0 Å². The van der Waals surface area contributed by atoms with Gasteiger partial charge in [-0.2, -0.15) is 22.6 Å². The number of aryl methyl sites for hydroxylation is 1. The summed E-state index contributed by atoms with van der Waals surface area (Å²) in [5.41, 5.74) is 4.62. The molecular formula is C12H17F3N4O2S. The fraction of sp³-hybridized carbons (Fsp3) is 0.750. The number of nitrogens with zero attached hydrogens (tertiary/aromatic N) is 3. The molecule has 1 saturated heterocycles. The molecule has 6 nitrogen and oxygen atoms in total. The molecule has 1 aliphatic carbocycles. The zero-order valence-electron chi connectivity index (χ0n) is 12.0. The second kappa shape index (κ2) is 4.68. The van der Waals surface area contributed by atoms with Crippen molar-refractivity contribution in [2.75, 3.05) is 13.1 Å². The van der Waals surface area contributed by atoms with Crippen molar-refractivity contribution in [1.29, 1.82) is 0 Å². The van der Waals surface area contributed by atoms with Crippen LogP contribution in [0.5, 0.6) is 0 Å². The van der Waals surface area contributed by atoms with Gasteiger partial charge in [-0.25, -0.2) is 8.42 Å². The molecule has 2 fully saturated rings. The molecule has 124 valence electrons. The molecule has 0 radical (unpaired) electrons. The van der Waals surface area contributed by atoms with Crippen molar-refractivity contribution in [3.63, 3.8) is 0 Å². The lowest BCUT2D eigenvalue weighted by Gasteiger charge is -2.41. The maximum absolute atomic E-state index is 12.7. The van der Waals surface area contributed by atoms with E-state index in [1.807, 2.05) is 0 Å². The zero-order chi connectivity index (χ0) is 16.3. The predicted octanol–water partition coefficient (Wildman–Crippen LogP) is 0.941. The molecule has 1 saturated carbocycles. The fourth-order valence-electron chi connectivity index (χ4n) is 3.25. The summed E-state index contributed by atoms with van der Waals surface area (Å²) in [5, 5.41) is 2.81. The van der Waals surface area contributed by atoms with Gasteiger partial charge in [-0.3, -0.25) is 4.68 Å². The van der Waals surface area contributed by atoms with Gasteiger partial charge in [-0.1, -0.05) is 6.42 Å². The van der Waals surface area contributed by atoms with E-state index in [2.05, 4.69) is 5.10 Å². The predicted molar refractivity (Wildman–Crippen MR) is 71.2 cm³/mol. The number of rotatable bonds is 2. The average Bonchev–Trinajstić information content (AvgIpc) is 2.89. The standard InChI is InChI=1S/C12H17F3N4O2S/c1-18-10(5-9(17-18)12(13,14)15)22(20,21)19-6-8(16)11(7-19)3-2-4-11/h5,8H,2-4,6-7,16H2,1H3. The highest BCUT2D eigenvalue weighted by Crippen LogP contribution is 2.48. The number of hydrogen-bond donors (Lipinski definition) is 1. The normalized spacial score (nSPS) is 25.6. The van der Waals surface area contributed by atoms with Crippen molar-refractivity contribution in [3.8, 4) is 0 Å². The first-order valence-electron chi connectivity index (χ1n) is 6.93. The number of nitrogens with two attached hydrogens (primary N) is 1. The minimum atomic E-state index is -4.68. The van der Waals surface area contributed by atoms with Crippen LogP contribution in [-0.4, -0.2) is 41.6 Å². The van der Waals surface area contributed by atoms with Crippen molar-refractivity contribution in [2.45, 2.75) is 36.5 Å². The molecule has 1 spiro atoms. The molecule has 1 aromatic heterocycles. The first-order valence-corrected chi connectivity index (χ1v) is 8.37. The molecule has 22 heavy (non-hydrogen) atoms. The maximum atomic E-state index is 12.7. The first-order chi connectivity index (χ1) is 10.1. The van der Waals surface area contributed by atoms with Crippen LogP contribution in [0.2, 0.25) is 0 Å². The molecule has 2 heterocycles. The molecular weight excluding hydrogens is 321 g/mol. The summed E-state index contributed by atoms with van der Waals surface area (Å²) >= 11 is 0. The molecule has 3 rings (SSSR count). The highest BCUT2D eigenvalue weighted by molar-refractivity contribution is 7.89. The van der Waals surface area contributed by atoms with Gasteiger partial charge >= 0.3 is 6.18 Å². The van der Waals surface area contributed by atoms with E-state index in [0.717, 1.165) is 23.9 Å². The molecule has 10 heteroatoms. The Morgan fingerprint density at radius 1 is 1.41 bits per heavy atom. The maximum Gasteiger partial charge on any atom is 0.435 e. The minimum Gasteiger partial charge on any atom is -0.326 e. The van der Waals surface area contributed by atoms with E-state index in [4.69, 9.17) is 5.73 Å². The van der Waals surface area contributed by atoms with Gasteiger partial charge < -0.3 is 5.73 Å². The average molecular weight is 338 g/mol. The van der Waals surface area contributed by atoms with Gasteiger partial charge in [0.2, 0.25) is 0 Å². The monoisotopic (exact) mass is 338 g/mol. The summed E-state index contributed by atoms with van der Waals surface area (Å²) in [4.78, 5) is 0. The third kappa shape index (κ3) is 2.24. The lowest BCUT2D eigenvalue weighted by atomic mass is 9.66. The van der Waals surface area contributed by atoms with E-state index in [1.54, 1.807) is 0 Å².